The van der Waals surface area contributed by atoms with Gasteiger partial charge in [0.1, 0.15) is 16.5 Å². The lowest BCUT2D eigenvalue weighted by molar-refractivity contribution is -0.0954. The molecule has 1 rings (SSSR count). The van der Waals surface area contributed by atoms with Crippen LogP contribution in [0.5, 0.6) is 0 Å². The van der Waals surface area contributed by atoms with E-state index < -0.39 is 45.9 Å². The van der Waals surface area contributed by atoms with Crippen LogP contribution in [-0.2, 0) is 18.9 Å². The van der Waals surface area contributed by atoms with E-state index in [0.29, 0.717) is 6.07 Å². The van der Waals surface area contributed by atoms with E-state index in [-0.39, 0.29) is 12.1 Å². The fourth-order valence-electron chi connectivity index (χ4n) is 1.17. The molecule has 0 fully saturated rings. The quantitative estimate of drug-likeness (QED) is 0.598. The van der Waals surface area contributed by atoms with Crippen LogP contribution >= 0.6 is 10.7 Å². The smallest absolute Gasteiger partial charge is 0.217 e. The summed E-state index contributed by atoms with van der Waals surface area (Å²) >= 11 is 0. The Morgan fingerprint density at radius 1 is 0.857 bits per heavy atom. The summed E-state index contributed by atoms with van der Waals surface area (Å²) in [6, 6.07) is 0.997. The van der Waals surface area contributed by atoms with Crippen molar-refractivity contribution in [2.45, 2.75) is 15.4 Å². The van der Waals surface area contributed by atoms with E-state index in [1.807, 2.05) is 0 Å². The molecule has 21 heavy (non-hydrogen) atoms. The van der Waals surface area contributed by atoms with E-state index in [9.17, 15) is 43.2 Å². The van der Waals surface area contributed by atoms with Crippen LogP contribution in [0.25, 0.3) is 0 Å². The monoisotopic (exact) mass is 376 g/mol. The van der Waals surface area contributed by atoms with Gasteiger partial charge >= 0.3 is 19.6 Å². The van der Waals surface area contributed by atoms with Crippen molar-refractivity contribution in [3.8, 4) is 0 Å². The van der Waals surface area contributed by atoms with E-state index >= 15 is 0 Å². The number of alkyl halides is 4. The molecule has 1 aromatic rings. The zero-order chi connectivity index (χ0) is 16.9. The minimum atomic E-state index is -6.74. The zero-order valence-corrected chi connectivity index (χ0v) is 11.7. The summed E-state index contributed by atoms with van der Waals surface area (Å²) in [5.74, 6) is -4.20. The Morgan fingerprint density at radius 2 is 1.24 bits per heavy atom. The SMILES string of the molecule is O=S(=O)(Cl)C(F)(F)C(F)(F)S(=O)(=O)c1c(F)cccc1F. The first-order valence-electron chi connectivity index (χ1n) is 4.56. The number of hydrogen-bond donors (Lipinski definition) is 0. The van der Waals surface area contributed by atoms with E-state index in [1.54, 1.807) is 0 Å². The minimum absolute atomic E-state index is 0.208. The predicted molar refractivity (Wildman–Crippen MR) is 58.2 cm³/mol. The predicted octanol–water partition coefficient (Wildman–Crippen LogP) is 2.49. The molecule has 0 atom stereocenters. The Balaban J connectivity index is 3.72. The maximum atomic E-state index is 13.4. The molecule has 0 radical (unpaired) electrons. The topological polar surface area (TPSA) is 68.3 Å². The van der Waals surface area contributed by atoms with E-state index in [0.717, 1.165) is 0 Å². The molecule has 120 valence electrons. The van der Waals surface area contributed by atoms with Crippen LogP contribution in [-0.4, -0.2) is 27.3 Å². The van der Waals surface area contributed by atoms with Gasteiger partial charge in [0.25, 0.3) is 9.84 Å². The largest absolute Gasteiger partial charge is 0.436 e. The summed E-state index contributed by atoms with van der Waals surface area (Å²) in [4.78, 5) is -2.39. The first kappa shape index (κ1) is 18.0. The fraction of sp³-hybridized carbons (Fsp3) is 0.250. The lowest BCUT2D eigenvalue weighted by Crippen LogP contribution is -2.50. The molecule has 1 aromatic carbocycles. The van der Waals surface area contributed by atoms with Gasteiger partial charge in [-0.1, -0.05) is 6.07 Å². The fourth-order valence-corrected chi connectivity index (χ4v) is 3.75. The normalized spacial score (nSPS) is 14.2. The maximum absolute atomic E-state index is 13.4. The number of halogens is 7. The molecule has 0 N–H and O–H groups in total. The van der Waals surface area contributed by atoms with Gasteiger partial charge < -0.3 is 0 Å². The minimum Gasteiger partial charge on any atom is -0.217 e. The van der Waals surface area contributed by atoms with Gasteiger partial charge in [-0.15, -0.1) is 0 Å². The molecule has 0 saturated heterocycles. The van der Waals surface area contributed by atoms with Crippen LogP contribution in [0.2, 0.25) is 0 Å². The average Bonchev–Trinajstić information content (AvgIpc) is 2.26. The van der Waals surface area contributed by atoms with Gasteiger partial charge in [0.05, 0.1) is 0 Å². The average molecular weight is 377 g/mol. The van der Waals surface area contributed by atoms with Gasteiger partial charge in [-0.3, -0.25) is 0 Å². The van der Waals surface area contributed by atoms with Crippen molar-refractivity contribution in [1.29, 1.82) is 0 Å². The summed E-state index contributed by atoms with van der Waals surface area (Å²) in [7, 11) is -9.08. The zero-order valence-electron chi connectivity index (χ0n) is 9.33. The van der Waals surface area contributed by atoms with Crippen molar-refractivity contribution in [3.63, 3.8) is 0 Å². The summed E-state index contributed by atoms with van der Waals surface area (Å²) < 4.78 is 123. The van der Waals surface area contributed by atoms with Crippen LogP contribution < -0.4 is 0 Å². The van der Waals surface area contributed by atoms with Crippen molar-refractivity contribution >= 4 is 29.6 Å². The van der Waals surface area contributed by atoms with E-state index in [1.165, 1.54) is 0 Å². The lowest BCUT2D eigenvalue weighted by Gasteiger charge is -2.23. The Labute approximate surface area is 118 Å². The molecule has 0 saturated carbocycles. The van der Waals surface area contributed by atoms with Crippen LogP contribution in [0.3, 0.4) is 0 Å². The van der Waals surface area contributed by atoms with Crippen LogP contribution in [0, 0.1) is 11.6 Å². The highest BCUT2D eigenvalue weighted by atomic mass is 35.7. The second-order valence-corrected chi connectivity index (χ2v) is 8.06. The Hall–Kier alpha value is -1.01. The van der Waals surface area contributed by atoms with E-state index in [4.69, 9.17) is 0 Å². The van der Waals surface area contributed by atoms with Crippen molar-refractivity contribution < 1.29 is 43.2 Å². The van der Waals surface area contributed by atoms with Gasteiger partial charge in [-0.05, 0) is 12.1 Å². The molecule has 0 unspecified atom stereocenters. The first-order valence-corrected chi connectivity index (χ1v) is 8.35. The van der Waals surface area contributed by atoms with Crippen molar-refractivity contribution in [1.82, 2.24) is 0 Å². The van der Waals surface area contributed by atoms with Crippen LogP contribution in [0.4, 0.5) is 26.3 Å². The molecule has 0 aliphatic carbocycles. The summed E-state index contributed by atoms with van der Waals surface area (Å²) in [5.41, 5.74) is 0. The van der Waals surface area contributed by atoms with Crippen molar-refractivity contribution in [3.05, 3.63) is 29.8 Å². The first-order chi connectivity index (χ1) is 9.18. The molecular formula is C8H3ClF6O4S2. The molecule has 0 aromatic heterocycles. The summed E-state index contributed by atoms with van der Waals surface area (Å²) in [6.45, 7) is 0. The van der Waals surface area contributed by atoms with Gasteiger partial charge in [-0.2, -0.15) is 17.6 Å². The lowest BCUT2D eigenvalue weighted by atomic mass is 10.3. The van der Waals surface area contributed by atoms with Gasteiger partial charge in [0.2, 0.25) is 0 Å². The molecule has 13 heteroatoms. The number of sulfone groups is 1. The van der Waals surface area contributed by atoms with Crippen LogP contribution in [0.15, 0.2) is 23.1 Å². The summed E-state index contributed by atoms with van der Waals surface area (Å²) in [5, 5.41) is -12.7. The third kappa shape index (κ3) is 2.59. The molecule has 0 bridgehead atoms. The molecule has 0 aliphatic heterocycles. The van der Waals surface area contributed by atoms with Gasteiger partial charge in [-0.25, -0.2) is 25.6 Å². The maximum Gasteiger partial charge on any atom is 0.436 e. The number of hydrogen-bond acceptors (Lipinski definition) is 4. The van der Waals surface area contributed by atoms with E-state index in [2.05, 4.69) is 10.7 Å². The van der Waals surface area contributed by atoms with Gasteiger partial charge in [0, 0.05) is 10.7 Å². The molecule has 0 aliphatic rings. The highest BCUT2D eigenvalue weighted by Crippen LogP contribution is 2.47. The number of benzene rings is 1. The third-order valence-electron chi connectivity index (χ3n) is 2.17. The molecule has 0 heterocycles. The highest BCUT2D eigenvalue weighted by Gasteiger charge is 2.73. The van der Waals surface area contributed by atoms with Crippen molar-refractivity contribution in [2.75, 3.05) is 0 Å². The van der Waals surface area contributed by atoms with Crippen molar-refractivity contribution in [2.24, 2.45) is 0 Å². The molecule has 4 nitrogen and oxygen atoms in total. The Bertz CT molecular complexity index is 754. The standard InChI is InChI=1S/C8H3ClF6O4S2/c9-21(18,19)8(14,15)7(12,13)20(16,17)6-4(10)2-1-3-5(6)11/h1-3H. The highest BCUT2D eigenvalue weighted by molar-refractivity contribution is 8.15. The van der Waals surface area contributed by atoms with Gasteiger partial charge in [0.15, 0.2) is 0 Å². The molecular weight excluding hydrogens is 374 g/mol. The molecule has 0 amide bonds. The second-order valence-electron chi connectivity index (χ2n) is 3.53. The van der Waals surface area contributed by atoms with Crippen LogP contribution in [0.1, 0.15) is 0 Å². The number of rotatable bonds is 4. The third-order valence-corrected chi connectivity index (χ3v) is 5.61. The summed E-state index contributed by atoms with van der Waals surface area (Å²) in [6.07, 6.45) is 0. The Kier molecular flexibility index (Phi) is 4.31. The molecule has 0 spiro atoms. The second kappa shape index (κ2) is 5.02. The Morgan fingerprint density at radius 3 is 1.57 bits per heavy atom.